The van der Waals surface area contributed by atoms with Crippen LogP contribution in [0, 0.1) is 6.92 Å². The number of nitrogens with zero attached hydrogens (tertiary/aromatic N) is 3. The number of aromatic nitrogens is 1. The van der Waals surface area contributed by atoms with Crippen LogP contribution in [0.4, 0.5) is 5.82 Å². The van der Waals surface area contributed by atoms with Crippen LogP contribution in [0.3, 0.4) is 0 Å². The van der Waals surface area contributed by atoms with E-state index in [1.807, 2.05) is 0 Å². The Balaban J connectivity index is 1.91. The Morgan fingerprint density at radius 3 is 2.29 bits per heavy atom. The molecule has 1 aliphatic heterocycles. The van der Waals surface area contributed by atoms with E-state index < -0.39 is 11.8 Å². The molecule has 0 atom stereocenters. The molecule has 3 amide bonds. The summed E-state index contributed by atoms with van der Waals surface area (Å²) < 4.78 is 0. The molecule has 2 rings (SSSR count). The van der Waals surface area contributed by atoms with Crippen LogP contribution in [0.5, 0.6) is 0 Å². The van der Waals surface area contributed by atoms with Crippen LogP contribution in [0.2, 0.25) is 0 Å². The van der Waals surface area contributed by atoms with E-state index in [4.69, 9.17) is 0 Å². The maximum Gasteiger partial charge on any atom is 0.315 e. The molecule has 0 bridgehead atoms. The number of rotatable bonds is 1. The number of carbonyl (C=O) groups is 3. The first-order valence-electron chi connectivity index (χ1n) is 6.77. The van der Waals surface area contributed by atoms with Gasteiger partial charge in [0, 0.05) is 38.8 Å². The topological polar surface area (TPSA) is 82.6 Å². The maximum absolute atomic E-state index is 12.0. The van der Waals surface area contributed by atoms with Gasteiger partial charge in [-0.05, 0) is 19.1 Å². The number of hydrogen-bond acceptors (Lipinski definition) is 4. The second-order valence-corrected chi connectivity index (χ2v) is 4.92. The highest BCUT2D eigenvalue weighted by Crippen LogP contribution is 2.06. The standard InChI is InChI=1S/C14H18N4O3/c1-10-4-3-5-12(15-10)16-13(20)14(21)18-8-6-17(7-9-18)11(2)19/h3-5H,6-9H2,1-2H3,(H,15,16,20). The number of carbonyl (C=O) groups excluding carboxylic acids is 3. The maximum atomic E-state index is 12.0. The first kappa shape index (κ1) is 15.0. The fourth-order valence-corrected chi connectivity index (χ4v) is 2.15. The van der Waals surface area contributed by atoms with Crippen LogP contribution < -0.4 is 5.32 Å². The summed E-state index contributed by atoms with van der Waals surface area (Å²) in [5.41, 5.74) is 0.760. The molecule has 1 aromatic rings. The summed E-state index contributed by atoms with van der Waals surface area (Å²) in [6.07, 6.45) is 0. The number of anilines is 1. The highest BCUT2D eigenvalue weighted by atomic mass is 16.2. The van der Waals surface area contributed by atoms with Gasteiger partial charge in [0.2, 0.25) is 5.91 Å². The van der Waals surface area contributed by atoms with Crippen LogP contribution in [-0.4, -0.2) is 58.7 Å². The van der Waals surface area contributed by atoms with E-state index in [1.54, 1.807) is 30.0 Å². The molecular formula is C14H18N4O3. The summed E-state index contributed by atoms with van der Waals surface area (Å²) in [6.45, 7) is 4.94. The number of amides is 3. The van der Waals surface area contributed by atoms with E-state index in [1.165, 1.54) is 11.8 Å². The van der Waals surface area contributed by atoms with Gasteiger partial charge >= 0.3 is 11.8 Å². The number of pyridine rings is 1. The Morgan fingerprint density at radius 2 is 1.71 bits per heavy atom. The minimum atomic E-state index is -0.704. The van der Waals surface area contributed by atoms with Crippen LogP contribution in [0.1, 0.15) is 12.6 Å². The summed E-state index contributed by atoms with van der Waals surface area (Å²) in [5, 5.41) is 2.49. The number of hydrogen-bond donors (Lipinski definition) is 1. The van der Waals surface area contributed by atoms with Gasteiger partial charge < -0.3 is 15.1 Å². The molecule has 0 saturated carbocycles. The highest BCUT2D eigenvalue weighted by Gasteiger charge is 2.26. The molecule has 0 radical (unpaired) electrons. The molecule has 7 heteroatoms. The van der Waals surface area contributed by atoms with E-state index in [-0.39, 0.29) is 5.91 Å². The molecule has 0 unspecified atom stereocenters. The molecule has 1 aromatic heterocycles. The van der Waals surface area contributed by atoms with Crippen LogP contribution in [0.25, 0.3) is 0 Å². The van der Waals surface area contributed by atoms with E-state index >= 15 is 0 Å². The van der Waals surface area contributed by atoms with Gasteiger partial charge in [0.1, 0.15) is 5.82 Å². The Hall–Kier alpha value is -2.44. The molecule has 112 valence electrons. The molecule has 0 aromatic carbocycles. The van der Waals surface area contributed by atoms with Gasteiger partial charge in [0.15, 0.2) is 0 Å². The minimum Gasteiger partial charge on any atom is -0.339 e. The van der Waals surface area contributed by atoms with E-state index in [0.29, 0.717) is 32.0 Å². The Kier molecular flexibility index (Phi) is 4.52. The first-order valence-corrected chi connectivity index (χ1v) is 6.77. The number of nitrogens with one attached hydrogen (secondary N) is 1. The summed E-state index contributed by atoms with van der Waals surface area (Å²) in [7, 11) is 0. The van der Waals surface area contributed by atoms with Crippen molar-refractivity contribution in [2.45, 2.75) is 13.8 Å². The van der Waals surface area contributed by atoms with Crippen molar-refractivity contribution in [3.63, 3.8) is 0 Å². The first-order chi connectivity index (χ1) is 9.97. The predicted molar refractivity (Wildman–Crippen MR) is 76.4 cm³/mol. The lowest BCUT2D eigenvalue weighted by atomic mass is 10.3. The largest absolute Gasteiger partial charge is 0.339 e. The monoisotopic (exact) mass is 290 g/mol. The fourth-order valence-electron chi connectivity index (χ4n) is 2.15. The van der Waals surface area contributed by atoms with Gasteiger partial charge in [0.25, 0.3) is 0 Å². The highest BCUT2D eigenvalue weighted by molar-refractivity contribution is 6.39. The molecule has 7 nitrogen and oxygen atoms in total. The Morgan fingerprint density at radius 1 is 1.10 bits per heavy atom. The molecule has 21 heavy (non-hydrogen) atoms. The third-order valence-electron chi connectivity index (χ3n) is 3.34. The van der Waals surface area contributed by atoms with Crippen molar-refractivity contribution in [1.29, 1.82) is 0 Å². The molecular weight excluding hydrogens is 272 g/mol. The van der Waals surface area contributed by atoms with E-state index in [0.717, 1.165) is 5.69 Å². The lowest BCUT2D eigenvalue weighted by Gasteiger charge is -2.33. The van der Waals surface area contributed by atoms with Crippen molar-refractivity contribution < 1.29 is 14.4 Å². The van der Waals surface area contributed by atoms with Gasteiger partial charge in [-0.1, -0.05) is 6.07 Å². The van der Waals surface area contributed by atoms with Gasteiger partial charge in [-0.25, -0.2) is 4.98 Å². The van der Waals surface area contributed by atoms with Crippen molar-refractivity contribution in [2.24, 2.45) is 0 Å². The zero-order valence-electron chi connectivity index (χ0n) is 12.1. The average molecular weight is 290 g/mol. The molecule has 2 heterocycles. The minimum absolute atomic E-state index is 0.0180. The normalized spacial score (nSPS) is 14.8. The second-order valence-electron chi connectivity index (χ2n) is 4.92. The molecule has 0 aliphatic carbocycles. The summed E-state index contributed by atoms with van der Waals surface area (Å²) in [6, 6.07) is 5.19. The van der Waals surface area contributed by atoms with Crippen LogP contribution in [-0.2, 0) is 14.4 Å². The zero-order chi connectivity index (χ0) is 15.4. The molecule has 1 fully saturated rings. The van der Waals surface area contributed by atoms with Crippen LogP contribution >= 0.6 is 0 Å². The SMILES string of the molecule is CC(=O)N1CCN(C(=O)C(=O)Nc2cccc(C)n2)CC1. The van der Waals surface area contributed by atoms with E-state index in [9.17, 15) is 14.4 Å². The predicted octanol–water partition coefficient (Wildman–Crippen LogP) is 0.0192. The van der Waals surface area contributed by atoms with Crippen molar-refractivity contribution in [1.82, 2.24) is 14.8 Å². The van der Waals surface area contributed by atoms with Crippen molar-refractivity contribution in [3.8, 4) is 0 Å². The Bertz CT molecular complexity index is 565. The van der Waals surface area contributed by atoms with Gasteiger partial charge in [-0.15, -0.1) is 0 Å². The molecule has 1 aliphatic rings. The smallest absolute Gasteiger partial charge is 0.315 e. The lowest BCUT2D eigenvalue weighted by Crippen LogP contribution is -2.52. The number of aryl methyl sites for hydroxylation is 1. The van der Waals surface area contributed by atoms with Crippen molar-refractivity contribution in [3.05, 3.63) is 23.9 Å². The summed E-state index contributed by atoms with van der Waals surface area (Å²) >= 11 is 0. The van der Waals surface area contributed by atoms with Gasteiger partial charge in [-0.2, -0.15) is 0 Å². The van der Waals surface area contributed by atoms with Gasteiger partial charge in [-0.3, -0.25) is 14.4 Å². The Labute approximate surface area is 122 Å². The molecule has 1 saturated heterocycles. The van der Waals surface area contributed by atoms with Crippen LogP contribution in [0.15, 0.2) is 18.2 Å². The lowest BCUT2D eigenvalue weighted by molar-refractivity contribution is -0.145. The third-order valence-corrected chi connectivity index (χ3v) is 3.34. The zero-order valence-corrected chi connectivity index (χ0v) is 12.1. The quantitative estimate of drug-likeness (QED) is 0.739. The van der Waals surface area contributed by atoms with Crippen molar-refractivity contribution in [2.75, 3.05) is 31.5 Å². The average Bonchev–Trinajstić information content (AvgIpc) is 2.46. The second kappa shape index (κ2) is 6.34. The molecule has 0 spiro atoms. The summed E-state index contributed by atoms with van der Waals surface area (Å²) in [5.74, 6) is -0.961. The molecule has 1 N–H and O–H groups in total. The summed E-state index contributed by atoms with van der Waals surface area (Å²) in [4.78, 5) is 42.4. The fraction of sp³-hybridized carbons (Fsp3) is 0.429. The number of piperazine rings is 1. The van der Waals surface area contributed by atoms with E-state index in [2.05, 4.69) is 10.3 Å². The van der Waals surface area contributed by atoms with Gasteiger partial charge in [0.05, 0.1) is 0 Å². The third kappa shape index (κ3) is 3.77. The van der Waals surface area contributed by atoms with Crippen molar-refractivity contribution >= 4 is 23.5 Å².